The van der Waals surface area contributed by atoms with Crippen LogP contribution in [0.4, 0.5) is 0 Å². The van der Waals surface area contributed by atoms with Crippen LogP contribution < -0.4 is 5.32 Å². The third-order valence-electron chi connectivity index (χ3n) is 5.52. The van der Waals surface area contributed by atoms with Gasteiger partial charge in [0, 0.05) is 19.7 Å². The molecule has 0 saturated heterocycles. The second-order valence-corrected chi connectivity index (χ2v) is 6.85. The zero-order valence-electron chi connectivity index (χ0n) is 11.4. The number of fused-ring (bicyclic) bond motifs is 2. The second kappa shape index (κ2) is 4.55. The summed E-state index contributed by atoms with van der Waals surface area (Å²) in [7, 11) is 1.86. The van der Waals surface area contributed by atoms with E-state index in [1.807, 2.05) is 7.11 Å². The van der Waals surface area contributed by atoms with Gasteiger partial charge in [0.05, 0.1) is 6.10 Å². The Kier molecular flexibility index (Phi) is 3.20. The number of methoxy groups -OCH3 is 1. The molecule has 0 aromatic heterocycles. The third kappa shape index (κ3) is 2.39. The van der Waals surface area contributed by atoms with E-state index >= 15 is 0 Å². The maximum absolute atomic E-state index is 5.54. The van der Waals surface area contributed by atoms with Crippen LogP contribution in [0.25, 0.3) is 0 Å². The summed E-state index contributed by atoms with van der Waals surface area (Å²) in [5.41, 5.74) is 0.570. The van der Waals surface area contributed by atoms with Crippen molar-refractivity contribution < 1.29 is 4.74 Å². The standard InChI is InChI=1S/C15H27NO/c1-11(17-2)8-15(10-16-14-5-6-14)9-12-3-4-13(15)7-12/h11-14,16H,3-10H2,1-2H3. The molecule has 4 atom stereocenters. The van der Waals surface area contributed by atoms with Crippen molar-refractivity contribution in [2.75, 3.05) is 13.7 Å². The van der Waals surface area contributed by atoms with Crippen molar-refractivity contribution in [1.29, 1.82) is 0 Å². The van der Waals surface area contributed by atoms with Crippen molar-refractivity contribution in [2.24, 2.45) is 17.3 Å². The van der Waals surface area contributed by atoms with Gasteiger partial charge in [-0.15, -0.1) is 0 Å². The van der Waals surface area contributed by atoms with Crippen molar-refractivity contribution >= 4 is 0 Å². The van der Waals surface area contributed by atoms with Gasteiger partial charge < -0.3 is 10.1 Å². The highest BCUT2D eigenvalue weighted by molar-refractivity contribution is 5.03. The fraction of sp³-hybridized carbons (Fsp3) is 1.00. The van der Waals surface area contributed by atoms with E-state index in [9.17, 15) is 0 Å². The molecule has 98 valence electrons. The van der Waals surface area contributed by atoms with Crippen molar-refractivity contribution in [3.05, 3.63) is 0 Å². The van der Waals surface area contributed by atoms with E-state index in [-0.39, 0.29) is 0 Å². The Hall–Kier alpha value is -0.0800. The quantitative estimate of drug-likeness (QED) is 0.767. The first-order valence-corrected chi connectivity index (χ1v) is 7.48. The predicted octanol–water partition coefficient (Wildman–Crippen LogP) is 2.97. The van der Waals surface area contributed by atoms with Gasteiger partial charge in [0.25, 0.3) is 0 Å². The molecule has 17 heavy (non-hydrogen) atoms. The van der Waals surface area contributed by atoms with Crippen LogP contribution in [0.3, 0.4) is 0 Å². The Bertz CT molecular complexity index is 276. The first kappa shape index (κ1) is 12.0. The van der Waals surface area contributed by atoms with Crippen LogP contribution in [-0.4, -0.2) is 25.8 Å². The summed E-state index contributed by atoms with van der Waals surface area (Å²) in [5.74, 6) is 2.02. The summed E-state index contributed by atoms with van der Waals surface area (Å²) >= 11 is 0. The van der Waals surface area contributed by atoms with Gasteiger partial charge in [0.1, 0.15) is 0 Å². The van der Waals surface area contributed by atoms with Crippen LogP contribution in [0.15, 0.2) is 0 Å². The molecule has 0 heterocycles. The minimum Gasteiger partial charge on any atom is -0.382 e. The highest BCUT2D eigenvalue weighted by Gasteiger charge is 2.51. The van der Waals surface area contributed by atoms with E-state index in [0.717, 1.165) is 17.9 Å². The molecule has 0 aromatic rings. The summed E-state index contributed by atoms with van der Waals surface area (Å²) in [6.07, 6.45) is 10.5. The van der Waals surface area contributed by atoms with E-state index in [1.165, 1.54) is 51.5 Å². The van der Waals surface area contributed by atoms with Gasteiger partial charge in [-0.05, 0) is 62.7 Å². The summed E-state index contributed by atoms with van der Waals surface area (Å²) in [5, 5.41) is 3.80. The summed E-state index contributed by atoms with van der Waals surface area (Å²) in [4.78, 5) is 0. The molecule has 3 aliphatic carbocycles. The zero-order valence-corrected chi connectivity index (χ0v) is 11.4. The molecule has 1 N–H and O–H groups in total. The number of ether oxygens (including phenoxy) is 1. The van der Waals surface area contributed by atoms with Gasteiger partial charge in [0.15, 0.2) is 0 Å². The maximum atomic E-state index is 5.54. The highest BCUT2D eigenvalue weighted by atomic mass is 16.5. The zero-order chi connectivity index (χ0) is 11.9. The predicted molar refractivity (Wildman–Crippen MR) is 70.0 cm³/mol. The molecular formula is C15H27NO. The number of hydrogen-bond acceptors (Lipinski definition) is 2. The lowest BCUT2D eigenvalue weighted by atomic mass is 9.69. The van der Waals surface area contributed by atoms with E-state index in [2.05, 4.69) is 12.2 Å². The van der Waals surface area contributed by atoms with Crippen LogP contribution in [-0.2, 0) is 4.74 Å². The Labute approximate surface area is 105 Å². The van der Waals surface area contributed by atoms with Crippen LogP contribution in [0, 0.1) is 17.3 Å². The Morgan fingerprint density at radius 1 is 1.29 bits per heavy atom. The molecule has 0 spiro atoms. The van der Waals surface area contributed by atoms with E-state index in [0.29, 0.717) is 11.5 Å². The summed E-state index contributed by atoms with van der Waals surface area (Å²) < 4.78 is 5.54. The minimum atomic E-state index is 0.426. The summed E-state index contributed by atoms with van der Waals surface area (Å²) in [6.45, 7) is 3.50. The monoisotopic (exact) mass is 237 g/mol. The second-order valence-electron chi connectivity index (χ2n) is 6.85. The molecule has 2 nitrogen and oxygen atoms in total. The third-order valence-corrected chi connectivity index (χ3v) is 5.52. The minimum absolute atomic E-state index is 0.426. The maximum Gasteiger partial charge on any atom is 0.0549 e. The molecular weight excluding hydrogens is 210 g/mol. The van der Waals surface area contributed by atoms with Crippen molar-refractivity contribution in [3.8, 4) is 0 Å². The molecule has 3 rings (SSSR count). The largest absolute Gasteiger partial charge is 0.382 e. The molecule has 2 bridgehead atoms. The summed E-state index contributed by atoms with van der Waals surface area (Å²) in [6, 6.07) is 0.851. The lowest BCUT2D eigenvalue weighted by molar-refractivity contribution is 0.0354. The average Bonchev–Trinajstić information content (AvgIpc) is 2.96. The fourth-order valence-electron chi connectivity index (χ4n) is 4.39. The van der Waals surface area contributed by atoms with Crippen molar-refractivity contribution in [1.82, 2.24) is 5.32 Å². The number of hydrogen-bond donors (Lipinski definition) is 1. The molecule has 0 amide bonds. The Balaban J connectivity index is 1.65. The molecule has 3 saturated carbocycles. The lowest BCUT2D eigenvalue weighted by Crippen LogP contribution is -2.41. The van der Waals surface area contributed by atoms with Crippen LogP contribution in [0.5, 0.6) is 0 Å². The molecule has 3 aliphatic rings. The number of rotatable bonds is 6. The molecule has 0 aromatic carbocycles. The Morgan fingerprint density at radius 2 is 2.12 bits per heavy atom. The van der Waals surface area contributed by atoms with Crippen molar-refractivity contribution in [2.45, 2.75) is 64.0 Å². The molecule has 3 fully saturated rings. The molecule has 0 radical (unpaired) electrons. The van der Waals surface area contributed by atoms with Crippen LogP contribution in [0.2, 0.25) is 0 Å². The SMILES string of the molecule is COC(C)CC1(CNC2CC2)CC2CCC1C2. The smallest absolute Gasteiger partial charge is 0.0549 e. The Morgan fingerprint density at radius 3 is 2.65 bits per heavy atom. The van der Waals surface area contributed by atoms with E-state index in [4.69, 9.17) is 4.74 Å². The van der Waals surface area contributed by atoms with Gasteiger partial charge in [-0.1, -0.05) is 6.42 Å². The first-order valence-electron chi connectivity index (χ1n) is 7.48. The van der Waals surface area contributed by atoms with Gasteiger partial charge in [-0.2, -0.15) is 0 Å². The lowest BCUT2D eigenvalue weighted by Gasteiger charge is -2.40. The molecule has 2 heteroatoms. The van der Waals surface area contributed by atoms with Crippen LogP contribution >= 0.6 is 0 Å². The normalized spacial score (nSPS) is 42.0. The molecule has 4 unspecified atom stereocenters. The highest BCUT2D eigenvalue weighted by Crippen LogP contribution is 2.58. The van der Waals surface area contributed by atoms with Crippen LogP contribution in [0.1, 0.15) is 51.9 Å². The van der Waals surface area contributed by atoms with Gasteiger partial charge in [-0.3, -0.25) is 0 Å². The van der Waals surface area contributed by atoms with Gasteiger partial charge in [-0.25, -0.2) is 0 Å². The van der Waals surface area contributed by atoms with Gasteiger partial charge >= 0.3 is 0 Å². The number of nitrogens with one attached hydrogen (secondary N) is 1. The average molecular weight is 237 g/mol. The van der Waals surface area contributed by atoms with Gasteiger partial charge in [0.2, 0.25) is 0 Å². The fourth-order valence-corrected chi connectivity index (χ4v) is 4.39. The first-order chi connectivity index (χ1) is 8.22. The topological polar surface area (TPSA) is 21.3 Å². The van der Waals surface area contributed by atoms with E-state index in [1.54, 1.807) is 0 Å². The molecule has 0 aliphatic heterocycles. The van der Waals surface area contributed by atoms with Crippen molar-refractivity contribution in [3.63, 3.8) is 0 Å². The van der Waals surface area contributed by atoms with E-state index < -0.39 is 0 Å².